The van der Waals surface area contributed by atoms with Gasteiger partial charge in [0.2, 0.25) is 0 Å². The number of aromatic nitrogens is 2. The maximum Gasteiger partial charge on any atom is 0.0346 e. The molecule has 0 bridgehead atoms. The smallest absolute Gasteiger partial charge is 0.0346 e. The molecule has 0 spiro atoms. The lowest BCUT2D eigenvalue weighted by Crippen LogP contribution is -1.79. The molecule has 0 amide bonds. The molecule has 0 atom stereocenters. The van der Waals surface area contributed by atoms with Crippen molar-refractivity contribution in [2.24, 2.45) is 7.05 Å². The summed E-state index contributed by atoms with van der Waals surface area (Å²) >= 11 is 0. The first-order valence-electron chi connectivity index (χ1n) is 3.88. The van der Waals surface area contributed by atoms with E-state index in [1.165, 1.54) is 5.56 Å². The second-order valence-electron chi connectivity index (χ2n) is 2.81. The number of hydrogen-bond acceptors (Lipinski definition) is 1. The summed E-state index contributed by atoms with van der Waals surface area (Å²) in [5, 5.41) is 0. The molecule has 2 rings (SSSR count). The molecule has 0 unspecified atom stereocenters. The predicted octanol–water partition coefficient (Wildman–Crippen LogP) is 2.09. The maximum atomic E-state index is 4.06. The maximum absolute atomic E-state index is 4.06. The van der Waals surface area contributed by atoms with Gasteiger partial charge in [-0.05, 0) is 12.1 Å². The summed E-state index contributed by atoms with van der Waals surface area (Å²) in [6.45, 7) is 0. The van der Waals surface area contributed by atoms with Gasteiger partial charge in [0, 0.05) is 43.0 Å². The first-order valence-corrected chi connectivity index (χ1v) is 3.88. The van der Waals surface area contributed by atoms with Crippen LogP contribution in [0.5, 0.6) is 0 Å². The van der Waals surface area contributed by atoms with Crippen LogP contribution in [0.1, 0.15) is 0 Å². The van der Waals surface area contributed by atoms with Crippen LogP contribution in [-0.4, -0.2) is 9.55 Å². The van der Waals surface area contributed by atoms with Crippen molar-refractivity contribution in [2.75, 3.05) is 0 Å². The molecular formula is C10H10N2. The van der Waals surface area contributed by atoms with Crippen LogP contribution in [0.2, 0.25) is 0 Å². The van der Waals surface area contributed by atoms with Gasteiger partial charge in [0.15, 0.2) is 0 Å². The van der Waals surface area contributed by atoms with Gasteiger partial charge in [-0.3, -0.25) is 4.98 Å². The van der Waals surface area contributed by atoms with E-state index < -0.39 is 0 Å². The Labute approximate surface area is 71.5 Å². The lowest BCUT2D eigenvalue weighted by molar-refractivity contribution is 0.928. The van der Waals surface area contributed by atoms with Gasteiger partial charge < -0.3 is 4.57 Å². The van der Waals surface area contributed by atoms with Crippen LogP contribution in [0, 0.1) is 0 Å². The lowest BCUT2D eigenvalue weighted by Gasteiger charge is -1.93. The van der Waals surface area contributed by atoms with E-state index in [4.69, 9.17) is 0 Å². The summed E-state index contributed by atoms with van der Waals surface area (Å²) in [6.07, 6.45) is 7.76. The highest BCUT2D eigenvalue weighted by molar-refractivity contribution is 5.61. The minimum Gasteiger partial charge on any atom is -0.357 e. The van der Waals surface area contributed by atoms with Crippen molar-refractivity contribution >= 4 is 0 Å². The Kier molecular flexibility index (Phi) is 1.67. The summed E-state index contributed by atoms with van der Waals surface area (Å²) < 4.78 is 2.03. The van der Waals surface area contributed by atoms with Gasteiger partial charge in [-0.1, -0.05) is 6.07 Å². The zero-order valence-electron chi connectivity index (χ0n) is 6.94. The third kappa shape index (κ3) is 1.23. The van der Waals surface area contributed by atoms with Gasteiger partial charge in [-0.2, -0.15) is 0 Å². The number of aryl methyl sites for hydroxylation is 1. The minimum atomic E-state index is 1.16. The average Bonchev–Trinajstić information content (AvgIpc) is 2.54. The Morgan fingerprint density at radius 3 is 2.75 bits per heavy atom. The molecule has 0 aromatic carbocycles. The van der Waals surface area contributed by atoms with E-state index in [-0.39, 0.29) is 0 Å². The van der Waals surface area contributed by atoms with E-state index in [1.807, 2.05) is 30.1 Å². The summed E-state index contributed by atoms with van der Waals surface area (Å²) in [5.74, 6) is 0. The predicted molar refractivity (Wildman–Crippen MR) is 48.6 cm³/mol. The number of pyridine rings is 1. The second-order valence-corrected chi connectivity index (χ2v) is 2.81. The summed E-state index contributed by atoms with van der Waals surface area (Å²) in [6, 6.07) is 6.08. The van der Waals surface area contributed by atoms with Crippen molar-refractivity contribution in [2.45, 2.75) is 0 Å². The monoisotopic (exact) mass is 158 g/mol. The molecule has 0 aliphatic carbocycles. The van der Waals surface area contributed by atoms with Crippen molar-refractivity contribution in [3.8, 4) is 11.1 Å². The molecule has 2 aromatic rings. The molecule has 0 saturated heterocycles. The summed E-state index contributed by atoms with van der Waals surface area (Å²) in [7, 11) is 2.01. The standard InChI is InChI=1S/C10H10N2/c1-12-6-4-10(8-12)9-3-2-5-11-7-9/h2-8H,1H3. The molecule has 2 nitrogen and oxygen atoms in total. The number of nitrogens with zero attached hydrogens (tertiary/aromatic N) is 2. The first-order chi connectivity index (χ1) is 5.86. The van der Waals surface area contributed by atoms with Crippen molar-refractivity contribution in [3.05, 3.63) is 43.0 Å². The lowest BCUT2D eigenvalue weighted by atomic mass is 10.2. The summed E-state index contributed by atoms with van der Waals surface area (Å²) in [5.41, 5.74) is 2.38. The Morgan fingerprint density at radius 2 is 2.17 bits per heavy atom. The van der Waals surface area contributed by atoms with Crippen LogP contribution in [-0.2, 0) is 7.05 Å². The van der Waals surface area contributed by atoms with Crippen molar-refractivity contribution in [1.82, 2.24) is 9.55 Å². The Bertz CT molecular complexity index is 362. The molecule has 12 heavy (non-hydrogen) atoms. The SMILES string of the molecule is Cn1ccc(-c2cccnc2)c1. The van der Waals surface area contributed by atoms with Gasteiger partial charge in [0.25, 0.3) is 0 Å². The van der Waals surface area contributed by atoms with E-state index in [0.29, 0.717) is 0 Å². The van der Waals surface area contributed by atoms with E-state index in [1.54, 1.807) is 6.20 Å². The Hall–Kier alpha value is -1.57. The average molecular weight is 158 g/mol. The Balaban J connectivity index is 2.45. The quantitative estimate of drug-likeness (QED) is 0.621. The molecule has 0 fully saturated rings. The van der Waals surface area contributed by atoms with Gasteiger partial charge >= 0.3 is 0 Å². The fourth-order valence-corrected chi connectivity index (χ4v) is 1.21. The molecule has 0 saturated carbocycles. The molecule has 0 aliphatic rings. The Morgan fingerprint density at radius 1 is 1.25 bits per heavy atom. The normalized spacial score (nSPS) is 10.1. The third-order valence-electron chi connectivity index (χ3n) is 1.83. The zero-order chi connectivity index (χ0) is 8.39. The molecule has 2 aromatic heterocycles. The number of hydrogen-bond donors (Lipinski definition) is 0. The van der Waals surface area contributed by atoms with Crippen molar-refractivity contribution < 1.29 is 0 Å². The number of rotatable bonds is 1. The molecule has 2 heterocycles. The fourth-order valence-electron chi connectivity index (χ4n) is 1.21. The molecular weight excluding hydrogens is 148 g/mol. The summed E-state index contributed by atoms with van der Waals surface area (Å²) in [4.78, 5) is 4.06. The first kappa shape index (κ1) is 7.10. The minimum absolute atomic E-state index is 1.16. The molecule has 0 aliphatic heterocycles. The molecule has 60 valence electrons. The van der Waals surface area contributed by atoms with E-state index in [9.17, 15) is 0 Å². The van der Waals surface area contributed by atoms with E-state index in [0.717, 1.165) is 5.56 Å². The highest BCUT2D eigenvalue weighted by Gasteiger charge is 1.96. The van der Waals surface area contributed by atoms with Crippen molar-refractivity contribution in [3.63, 3.8) is 0 Å². The van der Waals surface area contributed by atoms with Crippen LogP contribution in [0.25, 0.3) is 11.1 Å². The van der Waals surface area contributed by atoms with E-state index >= 15 is 0 Å². The van der Waals surface area contributed by atoms with Gasteiger partial charge in [-0.15, -0.1) is 0 Å². The van der Waals surface area contributed by atoms with Crippen LogP contribution < -0.4 is 0 Å². The zero-order valence-corrected chi connectivity index (χ0v) is 6.94. The van der Waals surface area contributed by atoms with Crippen LogP contribution in [0.15, 0.2) is 43.0 Å². The van der Waals surface area contributed by atoms with Gasteiger partial charge in [-0.25, -0.2) is 0 Å². The second kappa shape index (κ2) is 2.81. The van der Waals surface area contributed by atoms with Crippen LogP contribution >= 0.6 is 0 Å². The highest BCUT2D eigenvalue weighted by atomic mass is 14.9. The fraction of sp³-hybridized carbons (Fsp3) is 0.100. The van der Waals surface area contributed by atoms with Crippen molar-refractivity contribution in [1.29, 1.82) is 0 Å². The van der Waals surface area contributed by atoms with Gasteiger partial charge in [0.05, 0.1) is 0 Å². The largest absolute Gasteiger partial charge is 0.357 e. The molecule has 2 heteroatoms. The van der Waals surface area contributed by atoms with E-state index in [2.05, 4.69) is 23.3 Å². The molecule has 0 N–H and O–H groups in total. The molecule has 0 radical (unpaired) electrons. The highest BCUT2D eigenvalue weighted by Crippen LogP contribution is 2.16. The third-order valence-corrected chi connectivity index (χ3v) is 1.83. The van der Waals surface area contributed by atoms with Crippen LogP contribution in [0.4, 0.5) is 0 Å². The van der Waals surface area contributed by atoms with Gasteiger partial charge in [0.1, 0.15) is 0 Å². The van der Waals surface area contributed by atoms with Crippen LogP contribution in [0.3, 0.4) is 0 Å². The topological polar surface area (TPSA) is 17.8 Å².